The molecular weight excluding hydrogens is 473 g/mol. The predicted octanol–water partition coefficient (Wildman–Crippen LogP) is 5.42. The maximum absolute atomic E-state index is 11.9. The largest absolute Gasteiger partial charge is 0.472 e. The second kappa shape index (κ2) is 23.4. The summed E-state index contributed by atoms with van der Waals surface area (Å²) in [6.45, 7) is 3.40. The summed E-state index contributed by atoms with van der Waals surface area (Å²) in [5.74, 6) is -0.532. The van der Waals surface area contributed by atoms with Crippen molar-refractivity contribution in [2.75, 3.05) is 26.4 Å². The van der Waals surface area contributed by atoms with Gasteiger partial charge in [-0.3, -0.25) is 18.6 Å². The fraction of sp³-hybridized carbons (Fsp3) is 0.920. The first-order valence-corrected chi connectivity index (χ1v) is 15.0. The van der Waals surface area contributed by atoms with Crippen LogP contribution in [0.25, 0.3) is 0 Å². The van der Waals surface area contributed by atoms with E-state index in [9.17, 15) is 24.2 Å². The van der Waals surface area contributed by atoms with E-state index in [4.69, 9.17) is 13.8 Å². The van der Waals surface area contributed by atoms with E-state index >= 15 is 0 Å². The molecule has 9 nitrogen and oxygen atoms in total. The SMILES string of the molecule is CCCCCCCCCCCC(=O)OCC(O)COP(=O)(O)OCCNC(=O)CCCCCCC. The molecule has 0 bridgehead atoms. The molecule has 208 valence electrons. The molecule has 0 rings (SSSR count). The minimum absolute atomic E-state index is 0.0841. The minimum atomic E-state index is -4.38. The molecule has 2 atom stereocenters. The Morgan fingerprint density at radius 2 is 1.29 bits per heavy atom. The van der Waals surface area contributed by atoms with E-state index in [1.807, 2.05) is 0 Å². The number of esters is 1. The van der Waals surface area contributed by atoms with Gasteiger partial charge in [-0.1, -0.05) is 90.9 Å². The van der Waals surface area contributed by atoms with Gasteiger partial charge in [0.2, 0.25) is 5.91 Å². The summed E-state index contributed by atoms with van der Waals surface area (Å²) in [6.07, 6.45) is 15.1. The standard InChI is InChI=1S/C25H50NO8P/c1-3-5-7-9-10-11-12-14-16-18-25(29)32-21-23(27)22-34-35(30,31)33-20-19-26-24(28)17-15-13-8-6-4-2/h23,27H,3-22H2,1-2H3,(H,26,28)(H,30,31). The van der Waals surface area contributed by atoms with Gasteiger partial charge in [-0.25, -0.2) is 4.57 Å². The number of nitrogens with one attached hydrogen (secondary N) is 1. The van der Waals surface area contributed by atoms with Crippen LogP contribution in [-0.2, 0) is 27.9 Å². The van der Waals surface area contributed by atoms with E-state index in [0.29, 0.717) is 6.42 Å². The van der Waals surface area contributed by atoms with Crippen molar-refractivity contribution in [3.05, 3.63) is 0 Å². The summed E-state index contributed by atoms with van der Waals surface area (Å²) in [4.78, 5) is 33.1. The van der Waals surface area contributed by atoms with Crippen LogP contribution in [0, 0.1) is 0 Å². The Hall–Kier alpha value is -0.990. The number of carbonyl (C=O) groups excluding carboxylic acids is 2. The third-order valence-corrected chi connectivity index (χ3v) is 6.52. The zero-order chi connectivity index (χ0) is 26.2. The zero-order valence-electron chi connectivity index (χ0n) is 22.0. The average Bonchev–Trinajstić information content (AvgIpc) is 2.83. The van der Waals surface area contributed by atoms with Crippen LogP contribution in [0.15, 0.2) is 0 Å². The number of carbonyl (C=O) groups is 2. The average molecular weight is 524 g/mol. The zero-order valence-corrected chi connectivity index (χ0v) is 22.9. The highest BCUT2D eigenvalue weighted by molar-refractivity contribution is 7.47. The van der Waals surface area contributed by atoms with E-state index in [1.165, 1.54) is 38.5 Å². The maximum Gasteiger partial charge on any atom is 0.472 e. The summed E-state index contributed by atoms with van der Waals surface area (Å²) in [5.41, 5.74) is 0. The molecule has 2 unspecified atom stereocenters. The first-order valence-electron chi connectivity index (χ1n) is 13.5. The molecule has 0 heterocycles. The smallest absolute Gasteiger partial charge is 0.463 e. The molecule has 0 saturated carbocycles. The van der Waals surface area contributed by atoms with Gasteiger partial charge in [-0.2, -0.15) is 0 Å². The minimum Gasteiger partial charge on any atom is -0.463 e. The number of aliphatic hydroxyl groups is 1. The number of hydrogen-bond donors (Lipinski definition) is 3. The molecule has 0 aromatic carbocycles. The molecular formula is C25H50NO8P. The summed E-state index contributed by atoms with van der Waals surface area (Å²) in [5, 5.41) is 12.4. The second-order valence-corrected chi connectivity index (χ2v) is 10.5. The highest BCUT2D eigenvalue weighted by atomic mass is 31.2. The molecule has 0 saturated heterocycles. The van der Waals surface area contributed by atoms with Gasteiger partial charge in [0.05, 0.1) is 13.2 Å². The van der Waals surface area contributed by atoms with Gasteiger partial charge in [0.1, 0.15) is 12.7 Å². The Morgan fingerprint density at radius 3 is 1.86 bits per heavy atom. The lowest BCUT2D eigenvalue weighted by atomic mass is 10.1. The lowest BCUT2D eigenvalue weighted by molar-refractivity contribution is -0.147. The van der Waals surface area contributed by atoms with Crippen molar-refractivity contribution in [3.63, 3.8) is 0 Å². The van der Waals surface area contributed by atoms with Crippen LogP contribution in [0.3, 0.4) is 0 Å². The first kappa shape index (κ1) is 34.0. The van der Waals surface area contributed by atoms with E-state index < -0.39 is 26.5 Å². The number of amides is 1. The van der Waals surface area contributed by atoms with Gasteiger partial charge in [-0.05, 0) is 12.8 Å². The number of hydrogen-bond acceptors (Lipinski definition) is 7. The normalized spacial score (nSPS) is 13.8. The molecule has 0 radical (unpaired) electrons. The Labute approximate surface area is 212 Å². The van der Waals surface area contributed by atoms with Gasteiger partial charge in [0.25, 0.3) is 0 Å². The molecule has 3 N–H and O–H groups in total. The van der Waals surface area contributed by atoms with Crippen LogP contribution in [0.1, 0.15) is 117 Å². The molecule has 10 heteroatoms. The molecule has 0 spiro atoms. The van der Waals surface area contributed by atoms with Crippen molar-refractivity contribution in [2.45, 2.75) is 123 Å². The van der Waals surface area contributed by atoms with Crippen molar-refractivity contribution in [2.24, 2.45) is 0 Å². The maximum atomic E-state index is 11.9. The van der Waals surface area contributed by atoms with Gasteiger partial charge in [-0.15, -0.1) is 0 Å². The fourth-order valence-electron chi connectivity index (χ4n) is 3.44. The van der Waals surface area contributed by atoms with Gasteiger partial charge < -0.3 is 20.1 Å². The summed E-state index contributed by atoms with van der Waals surface area (Å²) >= 11 is 0. The van der Waals surface area contributed by atoms with Crippen molar-refractivity contribution in [3.8, 4) is 0 Å². The van der Waals surface area contributed by atoms with E-state index in [2.05, 4.69) is 19.2 Å². The summed E-state index contributed by atoms with van der Waals surface area (Å²) < 4.78 is 26.4. The molecule has 35 heavy (non-hydrogen) atoms. The summed E-state index contributed by atoms with van der Waals surface area (Å²) in [6, 6.07) is 0. The van der Waals surface area contributed by atoms with Crippen LogP contribution in [0.4, 0.5) is 0 Å². The van der Waals surface area contributed by atoms with E-state index in [1.54, 1.807) is 0 Å². The molecule has 0 fully saturated rings. The molecule has 0 aromatic rings. The van der Waals surface area contributed by atoms with Crippen molar-refractivity contribution in [1.29, 1.82) is 0 Å². The van der Waals surface area contributed by atoms with Crippen molar-refractivity contribution in [1.82, 2.24) is 5.32 Å². The molecule has 0 aliphatic heterocycles. The fourth-order valence-corrected chi connectivity index (χ4v) is 4.19. The molecule has 0 aliphatic rings. The highest BCUT2D eigenvalue weighted by Gasteiger charge is 2.23. The van der Waals surface area contributed by atoms with Crippen LogP contribution < -0.4 is 5.32 Å². The number of unbranched alkanes of at least 4 members (excludes halogenated alkanes) is 12. The topological polar surface area (TPSA) is 131 Å². The highest BCUT2D eigenvalue weighted by Crippen LogP contribution is 2.42. The predicted molar refractivity (Wildman–Crippen MR) is 137 cm³/mol. The number of phosphoric ester groups is 1. The number of rotatable bonds is 25. The van der Waals surface area contributed by atoms with Crippen LogP contribution >= 0.6 is 7.82 Å². The molecule has 0 aromatic heterocycles. The number of aliphatic hydroxyl groups excluding tert-OH is 1. The van der Waals surface area contributed by atoms with Crippen molar-refractivity contribution < 1.29 is 37.9 Å². The summed E-state index contributed by atoms with van der Waals surface area (Å²) in [7, 11) is -4.38. The van der Waals surface area contributed by atoms with E-state index in [-0.39, 0.29) is 32.1 Å². The van der Waals surface area contributed by atoms with E-state index in [0.717, 1.165) is 51.4 Å². The van der Waals surface area contributed by atoms with Gasteiger partial charge in [0.15, 0.2) is 0 Å². The van der Waals surface area contributed by atoms with Gasteiger partial charge in [0, 0.05) is 19.4 Å². The lowest BCUT2D eigenvalue weighted by Crippen LogP contribution is -2.27. The Balaban J connectivity index is 3.70. The quantitative estimate of drug-likeness (QED) is 0.0821. The molecule has 0 aliphatic carbocycles. The Kier molecular flexibility index (Phi) is 22.7. The lowest BCUT2D eigenvalue weighted by Gasteiger charge is -2.15. The number of ether oxygens (including phenoxy) is 1. The molecule has 1 amide bonds. The monoisotopic (exact) mass is 523 g/mol. The second-order valence-electron chi connectivity index (χ2n) is 9.03. The first-order chi connectivity index (χ1) is 16.8. The Bertz CT molecular complexity index is 576. The van der Waals surface area contributed by atoms with Crippen LogP contribution in [0.5, 0.6) is 0 Å². The third-order valence-electron chi connectivity index (χ3n) is 5.54. The van der Waals surface area contributed by atoms with Gasteiger partial charge >= 0.3 is 13.8 Å². The van der Waals surface area contributed by atoms with Crippen LogP contribution in [0.2, 0.25) is 0 Å². The van der Waals surface area contributed by atoms with Crippen LogP contribution in [-0.4, -0.2) is 54.3 Å². The van der Waals surface area contributed by atoms with Crippen molar-refractivity contribution >= 4 is 19.7 Å². The number of phosphoric acid groups is 1. The third kappa shape index (κ3) is 24.5. The Morgan fingerprint density at radius 1 is 0.771 bits per heavy atom.